The fourth-order valence-electron chi connectivity index (χ4n) is 4.41. The van der Waals surface area contributed by atoms with Crippen molar-refractivity contribution in [3.05, 3.63) is 54.7 Å². The molecule has 0 saturated carbocycles. The van der Waals surface area contributed by atoms with Crippen LogP contribution in [0.2, 0.25) is 5.02 Å². The van der Waals surface area contributed by atoms with Crippen molar-refractivity contribution >= 4 is 45.2 Å². The van der Waals surface area contributed by atoms with Crippen LogP contribution in [-0.2, 0) is 0 Å². The van der Waals surface area contributed by atoms with E-state index >= 15 is 0 Å². The van der Waals surface area contributed by atoms with E-state index in [-0.39, 0.29) is 24.0 Å². The minimum Gasteiger partial charge on any atom is -0.496 e. The van der Waals surface area contributed by atoms with Crippen LogP contribution in [0.5, 0.6) is 11.5 Å². The first-order valence-corrected chi connectivity index (χ1v) is 11.3. The number of nitrogens with zero attached hydrogens (tertiary/aromatic N) is 1. The van der Waals surface area contributed by atoms with Crippen LogP contribution in [0.3, 0.4) is 0 Å². The molecule has 0 radical (unpaired) electrons. The van der Waals surface area contributed by atoms with Crippen molar-refractivity contribution in [2.24, 2.45) is 0 Å². The number of benzene rings is 2. The molecular formula is C23H23ClINO5. The summed E-state index contributed by atoms with van der Waals surface area (Å²) < 4.78 is 18.5. The van der Waals surface area contributed by atoms with Gasteiger partial charge in [-0.1, -0.05) is 11.6 Å². The largest absolute Gasteiger partial charge is 0.496 e. The van der Waals surface area contributed by atoms with Gasteiger partial charge in [-0.15, -0.1) is 0 Å². The molecule has 0 aliphatic carbocycles. The predicted octanol–water partition coefficient (Wildman–Crippen LogP) is 4.52. The van der Waals surface area contributed by atoms with E-state index in [0.717, 1.165) is 22.1 Å². The number of ether oxygens (including phenoxy) is 2. The summed E-state index contributed by atoms with van der Waals surface area (Å²) in [6.45, 7) is 0.809. The van der Waals surface area contributed by atoms with Gasteiger partial charge in [0.1, 0.15) is 28.2 Å². The third-order valence-electron chi connectivity index (χ3n) is 5.98. The minimum absolute atomic E-state index is 0.00945. The van der Waals surface area contributed by atoms with E-state index in [4.69, 9.17) is 25.5 Å². The SMILES string of the molecule is COc1cc(OC)c2c(=O)cc(-c3cc(I)ccc3Cl)oc2c1C1CCN(C)C1CO. The maximum Gasteiger partial charge on any atom is 0.197 e. The van der Waals surface area contributed by atoms with Crippen molar-refractivity contribution in [2.75, 3.05) is 34.4 Å². The second-order valence-electron chi connectivity index (χ2n) is 7.62. The second kappa shape index (κ2) is 8.97. The summed E-state index contributed by atoms with van der Waals surface area (Å²) in [6.07, 6.45) is 0.803. The normalized spacial score (nSPS) is 19.2. The Morgan fingerprint density at radius 1 is 1.23 bits per heavy atom. The molecular weight excluding hydrogens is 533 g/mol. The van der Waals surface area contributed by atoms with Gasteiger partial charge in [0, 0.05) is 38.8 Å². The lowest BCUT2D eigenvalue weighted by molar-refractivity contribution is 0.171. The number of likely N-dealkylation sites (N-methyl/N-ethyl adjacent to an activating group) is 1. The summed E-state index contributed by atoms with van der Waals surface area (Å²) >= 11 is 8.62. The smallest absolute Gasteiger partial charge is 0.197 e. The molecule has 1 aromatic heterocycles. The summed E-state index contributed by atoms with van der Waals surface area (Å²) in [5.74, 6) is 1.27. The van der Waals surface area contributed by atoms with Gasteiger partial charge in [0.25, 0.3) is 0 Å². The van der Waals surface area contributed by atoms with Gasteiger partial charge in [-0.05, 0) is 60.8 Å². The molecule has 0 amide bonds. The number of fused-ring (bicyclic) bond motifs is 1. The van der Waals surface area contributed by atoms with Gasteiger partial charge in [0.2, 0.25) is 0 Å². The van der Waals surface area contributed by atoms with E-state index in [1.54, 1.807) is 19.2 Å². The Kier molecular flexibility index (Phi) is 6.48. The molecule has 8 heteroatoms. The van der Waals surface area contributed by atoms with Crippen LogP contribution in [-0.4, -0.2) is 50.5 Å². The monoisotopic (exact) mass is 555 g/mol. The fourth-order valence-corrected chi connectivity index (χ4v) is 5.11. The molecule has 31 heavy (non-hydrogen) atoms. The lowest BCUT2D eigenvalue weighted by Gasteiger charge is -2.25. The zero-order valence-corrected chi connectivity index (χ0v) is 20.4. The first-order valence-electron chi connectivity index (χ1n) is 9.88. The van der Waals surface area contributed by atoms with E-state index in [1.807, 2.05) is 19.2 Å². The van der Waals surface area contributed by atoms with E-state index in [9.17, 15) is 9.90 Å². The fraction of sp³-hybridized carbons (Fsp3) is 0.348. The van der Waals surface area contributed by atoms with Crippen molar-refractivity contribution in [2.45, 2.75) is 18.4 Å². The maximum absolute atomic E-state index is 13.2. The summed E-state index contributed by atoms with van der Waals surface area (Å²) in [7, 11) is 5.07. The topological polar surface area (TPSA) is 72.1 Å². The predicted molar refractivity (Wildman–Crippen MR) is 130 cm³/mol. The number of rotatable bonds is 5. The van der Waals surface area contributed by atoms with Crippen LogP contribution in [0.4, 0.5) is 0 Å². The number of halogens is 2. The summed E-state index contributed by atoms with van der Waals surface area (Å²) in [6, 6.07) is 8.61. The molecule has 1 aliphatic heterocycles. The quantitative estimate of drug-likeness (QED) is 0.467. The molecule has 1 N–H and O–H groups in total. The van der Waals surface area contributed by atoms with Gasteiger partial charge in [0.05, 0.1) is 25.8 Å². The van der Waals surface area contributed by atoms with Gasteiger partial charge >= 0.3 is 0 Å². The maximum atomic E-state index is 13.2. The Morgan fingerprint density at radius 3 is 2.65 bits per heavy atom. The highest BCUT2D eigenvalue weighted by molar-refractivity contribution is 14.1. The van der Waals surface area contributed by atoms with E-state index < -0.39 is 0 Å². The lowest BCUT2D eigenvalue weighted by Crippen LogP contribution is -2.32. The van der Waals surface area contributed by atoms with E-state index in [1.165, 1.54) is 13.2 Å². The summed E-state index contributed by atoms with van der Waals surface area (Å²) in [4.78, 5) is 15.4. The van der Waals surface area contributed by atoms with Gasteiger partial charge < -0.3 is 23.9 Å². The van der Waals surface area contributed by atoms with Crippen LogP contribution in [0, 0.1) is 3.57 Å². The molecule has 0 bridgehead atoms. The van der Waals surface area contributed by atoms with E-state index in [2.05, 4.69) is 27.5 Å². The van der Waals surface area contributed by atoms with Crippen LogP contribution < -0.4 is 14.9 Å². The Hall–Kier alpha value is -1.81. The Bertz CT molecular complexity index is 1190. The van der Waals surface area contributed by atoms with Crippen LogP contribution >= 0.6 is 34.2 Å². The highest BCUT2D eigenvalue weighted by Crippen LogP contribution is 2.45. The zero-order chi connectivity index (χ0) is 22.3. The van der Waals surface area contributed by atoms with Crippen molar-refractivity contribution < 1.29 is 19.0 Å². The van der Waals surface area contributed by atoms with Crippen molar-refractivity contribution in [3.63, 3.8) is 0 Å². The third kappa shape index (κ3) is 3.92. The molecule has 3 aromatic rings. The molecule has 2 unspecified atom stereocenters. The molecule has 0 spiro atoms. The first-order chi connectivity index (χ1) is 14.9. The Labute approximate surface area is 198 Å². The number of hydrogen-bond donors (Lipinski definition) is 1. The standard InChI is InChI=1S/C23H23ClINO5/c1-26-7-6-13(16(26)11-27)21-19(29-2)10-20(30-3)22-17(28)9-18(31-23(21)22)14-8-12(25)4-5-15(14)24/h4-5,8-10,13,16,27H,6-7,11H2,1-3H3. The average molecular weight is 556 g/mol. The van der Waals surface area contributed by atoms with Crippen LogP contribution in [0.1, 0.15) is 17.9 Å². The summed E-state index contributed by atoms with van der Waals surface area (Å²) in [5, 5.41) is 10.9. The van der Waals surface area contributed by atoms with Gasteiger partial charge in [0.15, 0.2) is 5.43 Å². The number of aliphatic hydroxyl groups excluding tert-OH is 1. The molecule has 1 fully saturated rings. The molecule has 2 heterocycles. The number of hydrogen-bond acceptors (Lipinski definition) is 6. The molecule has 2 atom stereocenters. The highest BCUT2D eigenvalue weighted by atomic mass is 127. The van der Waals surface area contributed by atoms with Crippen molar-refractivity contribution in [3.8, 4) is 22.8 Å². The van der Waals surface area contributed by atoms with Gasteiger partial charge in [-0.2, -0.15) is 0 Å². The van der Waals surface area contributed by atoms with Crippen molar-refractivity contribution in [1.82, 2.24) is 4.90 Å². The minimum atomic E-state index is -0.223. The molecule has 164 valence electrons. The molecule has 6 nitrogen and oxygen atoms in total. The Balaban J connectivity index is 2.07. The van der Waals surface area contributed by atoms with Crippen LogP contribution in [0.15, 0.2) is 39.5 Å². The molecule has 2 aromatic carbocycles. The third-order valence-corrected chi connectivity index (χ3v) is 6.98. The van der Waals surface area contributed by atoms with Gasteiger partial charge in [-0.3, -0.25) is 4.79 Å². The molecule has 4 rings (SSSR count). The summed E-state index contributed by atoms with van der Waals surface area (Å²) in [5.41, 5.74) is 1.59. The Morgan fingerprint density at radius 2 is 1.97 bits per heavy atom. The van der Waals surface area contributed by atoms with E-state index in [0.29, 0.717) is 38.8 Å². The number of likely N-dealkylation sites (tertiary alicyclic amines) is 1. The molecule has 1 saturated heterocycles. The average Bonchev–Trinajstić information content (AvgIpc) is 3.13. The molecule has 1 aliphatic rings. The van der Waals surface area contributed by atoms with Crippen LogP contribution in [0.25, 0.3) is 22.3 Å². The number of aliphatic hydroxyl groups is 1. The zero-order valence-electron chi connectivity index (χ0n) is 17.4. The number of methoxy groups -OCH3 is 2. The highest BCUT2D eigenvalue weighted by Gasteiger charge is 2.37. The lowest BCUT2D eigenvalue weighted by atomic mass is 9.89. The first kappa shape index (κ1) is 22.4. The van der Waals surface area contributed by atoms with Gasteiger partial charge in [-0.25, -0.2) is 0 Å². The van der Waals surface area contributed by atoms with Crippen molar-refractivity contribution in [1.29, 1.82) is 0 Å². The second-order valence-corrected chi connectivity index (χ2v) is 9.28.